The van der Waals surface area contributed by atoms with Crippen LogP contribution in [-0.2, 0) is 19.1 Å². The summed E-state index contributed by atoms with van der Waals surface area (Å²) >= 11 is 0. The Morgan fingerprint density at radius 1 is 0.476 bits per heavy atom. The van der Waals surface area contributed by atoms with Gasteiger partial charge in [0.05, 0.1) is 0 Å². The highest BCUT2D eigenvalue weighted by molar-refractivity contribution is 5.69. The fraction of sp³-hybridized carbons (Fsp3) is 0.892. The largest absolute Gasteiger partial charge is 0.463 e. The number of ether oxygens (including phenoxy) is 2. The summed E-state index contributed by atoms with van der Waals surface area (Å²) in [4.78, 5) is 23.8. The van der Waals surface area contributed by atoms with E-state index in [1.165, 1.54) is 128 Å². The molecule has 0 aliphatic heterocycles. The van der Waals surface area contributed by atoms with Gasteiger partial charge in [-0.05, 0) is 38.5 Å². The minimum absolute atomic E-state index is 0.113. The van der Waals surface area contributed by atoms with Gasteiger partial charge < -0.3 is 14.6 Å². The monoisotopic (exact) mass is 595 g/mol. The zero-order chi connectivity index (χ0) is 30.8. The molecule has 248 valence electrons. The third-order valence-corrected chi connectivity index (χ3v) is 8.00. The maximum atomic E-state index is 11.9. The van der Waals surface area contributed by atoms with Crippen LogP contribution in [0, 0.1) is 0 Å². The van der Waals surface area contributed by atoms with Crippen LogP contribution in [0.1, 0.15) is 194 Å². The summed E-state index contributed by atoms with van der Waals surface area (Å²) in [6.07, 6.45) is 36.8. The Bertz CT molecular complexity index is 603. The fourth-order valence-corrected chi connectivity index (χ4v) is 5.20. The first-order chi connectivity index (χ1) is 20.6. The van der Waals surface area contributed by atoms with E-state index in [1.54, 1.807) is 0 Å². The summed E-state index contributed by atoms with van der Waals surface area (Å²) in [6.45, 7) is 4.29. The normalized spacial score (nSPS) is 12.2. The number of carbonyl (C=O) groups is 2. The van der Waals surface area contributed by atoms with Gasteiger partial charge in [0, 0.05) is 12.8 Å². The number of rotatable bonds is 33. The van der Waals surface area contributed by atoms with Crippen LogP contribution in [-0.4, -0.2) is 36.4 Å². The third-order valence-electron chi connectivity index (χ3n) is 8.00. The van der Waals surface area contributed by atoms with E-state index in [2.05, 4.69) is 26.0 Å². The Kier molecular flexibility index (Phi) is 33.0. The van der Waals surface area contributed by atoms with E-state index in [9.17, 15) is 14.7 Å². The molecule has 1 N–H and O–H groups in total. The highest BCUT2D eigenvalue weighted by Gasteiger charge is 2.12. The van der Waals surface area contributed by atoms with Crippen molar-refractivity contribution in [3.8, 4) is 0 Å². The molecule has 0 aromatic carbocycles. The quantitative estimate of drug-likeness (QED) is 0.0465. The van der Waals surface area contributed by atoms with E-state index in [4.69, 9.17) is 9.47 Å². The smallest absolute Gasteiger partial charge is 0.305 e. The number of unbranched alkanes of at least 4 members (excludes halogenated alkanes) is 23. The minimum Gasteiger partial charge on any atom is -0.463 e. The molecule has 0 saturated heterocycles. The standard InChI is InChI=1S/C37H70O5/c1-3-5-7-9-11-13-15-17-18-20-22-24-26-28-30-32-37(40)42-34-35(38)33-41-36(39)31-29-27-25-23-21-19-16-14-12-10-8-6-4-2/h17-18,35,38H,3-16,19-34H2,1-2H3. The maximum absolute atomic E-state index is 11.9. The lowest BCUT2D eigenvalue weighted by Gasteiger charge is -2.12. The fourth-order valence-electron chi connectivity index (χ4n) is 5.20. The van der Waals surface area contributed by atoms with Crippen molar-refractivity contribution in [1.82, 2.24) is 0 Å². The van der Waals surface area contributed by atoms with Crippen LogP contribution in [0.4, 0.5) is 0 Å². The molecule has 5 heteroatoms. The SMILES string of the molecule is CCCCCCCCC=CCCCCCCCC(=O)OCC(O)COC(=O)CCCCCCCCCCCCCCC. The van der Waals surface area contributed by atoms with Crippen LogP contribution < -0.4 is 0 Å². The van der Waals surface area contributed by atoms with Crippen molar-refractivity contribution in [2.24, 2.45) is 0 Å². The Hall–Kier alpha value is -1.36. The third kappa shape index (κ3) is 33.1. The maximum Gasteiger partial charge on any atom is 0.305 e. The van der Waals surface area contributed by atoms with Crippen molar-refractivity contribution in [3.05, 3.63) is 12.2 Å². The Labute approximate surface area is 261 Å². The Balaban J connectivity index is 3.42. The van der Waals surface area contributed by atoms with Gasteiger partial charge >= 0.3 is 11.9 Å². The second kappa shape index (κ2) is 34.1. The molecule has 5 nitrogen and oxygen atoms in total. The molecule has 0 aliphatic rings. The van der Waals surface area contributed by atoms with E-state index < -0.39 is 6.10 Å². The second-order valence-electron chi connectivity index (χ2n) is 12.3. The van der Waals surface area contributed by atoms with Gasteiger partial charge in [-0.15, -0.1) is 0 Å². The second-order valence-corrected chi connectivity index (χ2v) is 12.3. The molecule has 0 heterocycles. The van der Waals surface area contributed by atoms with Crippen LogP contribution in [0.25, 0.3) is 0 Å². The molecule has 0 saturated carbocycles. The number of aliphatic hydroxyl groups excluding tert-OH is 1. The van der Waals surface area contributed by atoms with Gasteiger partial charge in [-0.3, -0.25) is 9.59 Å². The predicted octanol–water partition coefficient (Wildman–Crippen LogP) is 11.0. The van der Waals surface area contributed by atoms with Crippen molar-refractivity contribution in [3.63, 3.8) is 0 Å². The summed E-state index contributed by atoms with van der Waals surface area (Å²) < 4.78 is 10.3. The summed E-state index contributed by atoms with van der Waals surface area (Å²) in [7, 11) is 0. The van der Waals surface area contributed by atoms with Crippen LogP contribution in [0.3, 0.4) is 0 Å². The number of hydrogen-bond donors (Lipinski definition) is 1. The summed E-state index contributed by atoms with van der Waals surface area (Å²) in [5, 5.41) is 9.97. The van der Waals surface area contributed by atoms with Crippen LogP contribution in [0.15, 0.2) is 12.2 Å². The zero-order valence-corrected chi connectivity index (χ0v) is 28.0. The van der Waals surface area contributed by atoms with Crippen molar-refractivity contribution in [2.45, 2.75) is 200 Å². The summed E-state index contributed by atoms with van der Waals surface area (Å²) in [6, 6.07) is 0. The average molecular weight is 595 g/mol. The van der Waals surface area contributed by atoms with Gasteiger partial charge in [-0.1, -0.05) is 154 Å². The molecule has 1 unspecified atom stereocenters. The highest BCUT2D eigenvalue weighted by atomic mass is 16.6. The Morgan fingerprint density at radius 3 is 1.10 bits per heavy atom. The molecular formula is C37H70O5. The molecule has 0 fully saturated rings. The van der Waals surface area contributed by atoms with E-state index in [-0.39, 0.29) is 25.2 Å². The van der Waals surface area contributed by atoms with Gasteiger partial charge in [0.1, 0.15) is 19.3 Å². The summed E-state index contributed by atoms with van der Waals surface area (Å²) in [5.74, 6) is -0.568. The molecule has 0 rings (SSSR count). The van der Waals surface area contributed by atoms with Crippen molar-refractivity contribution < 1.29 is 24.2 Å². The van der Waals surface area contributed by atoms with E-state index in [0.29, 0.717) is 12.8 Å². The molecule has 0 spiro atoms. The average Bonchev–Trinajstić information content (AvgIpc) is 2.99. The molecule has 42 heavy (non-hydrogen) atoms. The predicted molar refractivity (Wildman–Crippen MR) is 178 cm³/mol. The lowest BCUT2D eigenvalue weighted by atomic mass is 10.0. The summed E-state index contributed by atoms with van der Waals surface area (Å²) in [5.41, 5.74) is 0. The lowest BCUT2D eigenvalue weighted by molar-refractivity contribution is -0.152. The molecule has 0 aromatic rings. The van der Waals surface area contributed by atoms with E-state index in [1.807, 2.05) is 0 Å². The molecule has 0 amide bonds. The van der Waals surface area contributed by atoms with E-state index in [0.717, 1.165) is 38.5 Å². The molecule has 0 aliphatic carbocycles. The van der Waals surface area contributed by atoms with Gasteiger partial charge in [0.25, 0.3) is 0 Å². The van der Waals surface area contributed by atoms with Gasteiger partial charge in [0.15, 0.2) is 0 Å². The van der Waals surface area contributed by atoms with E-state index >= 15 is 0 Å². The topological polar surface area (TPSA) is 72.8 Å². The number of esters is 2. The first-order valence-corrected chi connectivity index (χ1v) is 18.2. The molecule has 0 aromatic heterocycles. The molecule has 1 atom stereocenters. The van der Waals surface area contributed by atoms with Gasteiger partial charge in [-0.2, -0.15) is 0 Å². The first kappa shape index (κ1) is 40.6. The van der Waals surface area contributed by atoms with Crippen molar-refractivity contribution in [2.75, 3.05) is 13.2 Å². The minimum atomic E-state index is -0.960. The highest BCUT2D eigenvalue weighted by Crippen LogP contribution is 2.14. The Morgan fingerprint density at radius 2 is 0.762 bits per heavy atom. The molecule has 0 radical (unpaired) electrons. The number of aliphatic hydroxyl groups is 1. The molecule has 0 bridgehead atoms. The van der Waals surface area contributed by atoms with Gasteiger partial charge in [-0.25, -0.2) is 0 Å². The van der Waals surface area contributed by atoms with Crippen molar-refractivity contribution >= 4 is 11.9 Å². The molecular weight excluding hydrogens is 524 g/mol. The lowest BCUT2D eigenvalue weighted by Crippen LogP contribution is -2.25. The van der Waals surface area contributed by atoms with Crippen LogP contribution in [0.5, 0.6) is 0 Å². The zero-order valence-electron chi connectivity index (χ0n) is 28.0. The van der Waals surface area contributed by atoms with Crippen molar-refractivity contribution in [1.29, 1.82) is 0 Å². The van der Waals surface area contributed by atoms with Crippen LogP contribution >= 0.6 is 0 Å². The number of allylic oxidation sites excluding steroid dienone is 2. The van der Waals surface area contributed by atoms with Crippen LogP contribution in [0.2, 0.25) is 0 Å². The first-order valence-electron chi connectivity index (χ1n) is 18.2. The number of carbonyl (C=O) groups excluding carboxylic acids is 2. The number of hydrogen-bond acceptors (Lipinski definition) is 5. The van der Waals surface area contributed by atoms with Gasteiger partial charge in [0.2, 0.25) is 0 Å².